The molecule has 1 saturated heterocycles. The molecule has 5 heteroatoms. The van der Waals surface area contributed by atoms with Crippen LogP contribution in [0.2, 0.25) is 0 Å². The maximum absolute atomic E-state index is 11.3. The SMILES string of the molecule is COCCOc1cccc(NC2CCS(=O)CC2)c1. The number of ether oxygens (including phenoxy) is 2. The Bertz CT molecular complexity index is 415. The van der Waals surface area contributed by atoms with Gasteiger partial charge >= 0.3 is 0 Å². The van der Waals surface area contributed by atoms with Crippen LogP contribution in [0, 0.1) is 0 Å². The highest BCUT2D eigenvalue weighted by molar-refractivity contribution is 7.85. The zero-order chi connectivity index (χ0) is 13.5. The number of hydrogen-bond acceptors (Lipinski definition) is 4. The summed E-state index contributed by atoms with van der Waals surface area (Å²) >= 11 is 0. The summed E-state index contributed by atoms with van der Waals surface area (Å²) in [5.74, 6) is 2.46. The molecule has 0 amide bonds. The third-order valence-electron chi connectivity index (χ3n) is 3.15. The fourth-order valence-corrected chi connectivity index (χ4v) is 3.39. The molecule has 0 aliphatic carbocycles. The zero-order valence-electron chi connectivity index (χ0n) is 11.3. The molecular formula is C14H21NO3S. The highest BCUT2D eigenvalue weighted by Gasteiger charge is 2.17. The molecule has 1 aliphatic heterocycles. The molecule has 106 valence electrons. The Morgan fingerprint density at radius 1 is 1.32 bits per heavy atom. The van der Waals surface area contributed by atoms with Crippen LogP contribution in [0.5, 0.6) is 5.75 Å². The van der Waals surface area contributed by atoms with E-state index in [-0.39, 0.29) is 0 Å². The highest BCUT2D eigenvalue weighted by atomic mass is 32.2. The Labute approximate surface area is 116 Å². The molecule has 2 rings (SSSR count). The van der Waals surface area contributed by atoms with Gasteiger partial charge in [-0.3, -0.25) is 4.21 Å². The van der Waals surface area contributed by atoms with Crippen LogP contribution in [0.15, 0.2) is 24.3 Å². The van der Waals surface area contributed by atoms with Gasteiger partial charge in [-0.25, -0.2) is 0 Å². The molecule has 1 aromatic rings. The molecule has 0 radical (unpaired) electrons. The maximum Gasteiger partial charge on any atom is 0.121 e. The molecule has 0 unspecified atom stereocenters. The predicted octanol–water partition coefficient (Wildman–Crippen LogP) is 2.03. The first-order valence-corrected chi connectivity index (χ1v) is 8.10. The second kappa shape index (κ2) is 7.50. The summed E-state index contributed by atoms with van der Waals surface area (Å²) in [7, 11) is 1.05. The zero-order valence-corrected chi connectivity index (χ0v) is 12.1. The van der Waals surface area contributed by atoms with Gasteiger partial charge in [-0.1, -0.05) is 6.07 Å². The second-order valence-corrected chi connectivity index (χ2v) is 6.33. The molecule has 0 bridgehead atoms. The molecule has 0 aromatic heterocycles. The van der Waals surface area contributed by atoms with E-state index < -0.39 is 10.8 Å². The van der Waals surface area contributed by atoms with Crippen molar-refractivity contribution in [2.45, 2.75) is 18.9 Å². The van der Waals surface area contributed by atoms with Crippen LogP contribution in [0.1, 0.15) is 12.8 Å². The monoisotopic (exact) mass is 283 g/mol. The Hall–Kier alpha value is -1.07. The van der Waals surface area contributed by atoms with E-state index in [0.717, 1.165) is 35.8 Å². The van der Waals surface area contributed by atoms with E-state index in [0.29, 0.717) is 19.3 Å². The number of nitrogens with one attached hydrogen (secondary N) is 1. The summed E-state index contributed by atoms with van der Waals surface area (Å²) in [6, 6.07) is 8.38. The fourth-order valence-electron chi connectivity index (χ4n) is 2.09. The van der Waals surface area contributed by atoms with Crippen molar-refractivity contribution in [3.8, 4) is 5.75 Å². The average Bonchev–Trinajstić information content (AvgIpc) is 2.42. The Kier molecular flexibility index (Phi) is 5.66. The van der Waals surface area contributed by atoms with Crippen LogP contribution in [-0.2, 0) is 15.5 Å². The minimum Gasteiger partial charge on any atom is -0.491 e. The van der Waals surface area contributed by atoms with Gasteiger partial charge in [0.25, 0.3) is 0 Å². The van der Waals surface area contributed by atoms with Gasteiger partial charge in [-0.2, -0.15) is 0 Å². The van der Waals surface area contributed by atoms with Gasteiger partial charge in [-0.15, -0.1) is 0 Å². The first kappa shape index (κ1) is 14.3. The molecular weight excluding hydrogens is 262 g/mol. The first-order valence-electron chi connectivity index (χ1n) is 6.61. The summed E-state index contributed by atoms with van der Waals surface area (Å²) in [6.45, 7) is 1.15. The van der Waals surface area contributed by atoms with Gasteiger partial charge < -0.3 is 14.8 Å². The van der Waals surface area contributed by atoms with Crippen molar-refractivity contribution in [1.29, 1.82) is 0 Å². The standard InChI is InChI=1S/C14H21NO3S/c1-17-7-8-18-14-4-2-3-13(11-14)15-12-5-9-19(16)10-6-12/h2-4,11-12,15H,5-10H2,1H3. The lowest BCUT2D eigenvalue weighted by molar-refractivity contribution is 0.146. The van der Waals surface area contributed by atoms with Crippen molar-refractivity contribution in [1.82, 2.24) is 0 Å². The topological polar surface area (TPSA) is 47.6 Å². The Morgan fingerprint density at radius 2 is 2.11 bits per heavy atom. The smallest absolute Gasteiger partial charge is 0.121 e. The van der Waals surface area contributed by atoms with Gasteiger partial charge in [0.1, 0.15) is 12.4 Å². The molecule has 1 heterocycles. The van der Waals surface area contributed by atoms with Crippen LogP contribution >= 0.6 is 0 Å². The molecule has 0 saturated carbocycles. The predicted molar refractivity (Wildman–Crippen MR) is 78.3 cm³/mol. The van der Waals surface area contributed by atoms with Crippen molar-refractivity contribution in [3.63, 3.8) is 0 Å². The summed E-state index contributed by atoms with van der Waals surface area (Å²) in [5.41, 5.74) is 1.06. The number of benzene rings is 1. The van der Waals surface area contributed by atoms with Crippen molar-refractivity contribution >= 4 is 16.5 Å². The third kappa shape index (κ3) is 4.84. The third-order valence-corrected chi connectivity index (χ3v) is 4.53. The number of methoxy groups -OCH3 is 1. The lowest BCUT2D eigenvalue weighted by Crippen LogP contribution is -2.29. The van der Waals surface area contributed by atoms with Gasteiger partial charge in [0, 0.05) is 47.2 Å². The fraction of sp³-hybridized carbons (Fsp3) is 0.571. The van der Waals surface area contributed by atoms with E-state index in [9.17, 15) is 4.21 Å². The molecule has 0 atom stereocenters. The normalized spacial score (nSPS) is 23.0. The van der Waals surface area contributed by atoms with Crippen LogP contribution in [0.4, 0.5) is 5.69 Å². The highest BCUT2D eigenvalue weighted by Crippen LogP contribution is 2.21. The lowest BCUT2D eigenvalue weighted by atomic mass is 10.1. The minimum atomic E-state index is -0.607. The van der Waals surface area contributed by atoms with Crippen LogP contribution in [-0.4, -0.2) is 42.1 Å². The van der Waals surface area contributed by atoms with Crippen molar-refractivity contribution < 1.29 is 13.7 Å². The second-order valence-electron chi connectivity index (χ2n) is 4.64. The van der Waals surface area contributed by atoms with Crippen molar-refractivity contribution in [3.05, 3.63) is 24.3 Å². The molecule has 4 nitrogen and oxygen atoms in total. The Morgan fingerprint density at radius 3 is 2.84 bits per heavy atom. The molecule has 1 fully saturated rings. The lowest BCUT2D eigenvalue weighted by Gasteiger charge is -2.23. The molecule has 19 heavy (non-hydrogen) atoms. The molecule has 1 aromatic carbocycles. The quantitative estimate of drug-likeness (QED) is 0.812. The van der Waals surface area contributed by atoms with Crippen molar-refractivity contribution in [2.24, 2.45) is 0 Å². The maximum atomic E-state index is 11.3. The number of rotatable bonds is 6. The van der Waals surface area contributed by atoms with Crippen LogP contribution in [0.3, 0.4) is 0 Å². The minimum absolute atomic E-state index is 0.423. The van der Waals surface area contributed by atoms with E-state index in [4.69, 9.17) is 9.47 Å². The summed E-state index contributed by atoms with van der Waals surface area (Å²) in [5, 5.41) is 3.49. The van der Waals surface area contributed by atoms with E-state index in [1.165, 1.54) is 0 Å². The molecule has 1 N–H and O–H groups in total. The van der Waals surface area contributed by atoms with Gasteiger partial charge in [0.2, 0.25) is 0 Å². The van der Waals surface area contributed by atoms with E-state index in [2.05, 4.69) is 5.32 Å². The van der Waals surface area contributed by atoms with E-state index >= 15 is 0 Å². The summed E-state index contributed by atoms with van der Waals surface area (Å²) in [4.78, 5) is 0. The number of anilines is 1. The van der Waals surface area contributed by atoms with E-state index in [1.807, 2.05) is 24.3 Å². The largest absolute Gasteiger partial charge is 0.491 e. The summed E-state index contributed by atoms with van der Waals surface area (Å²) < 4.78 is 21.8. The van der Waals surface area contributed by atoms with Gasteiger partial charge in [0.05, 0.1) is 6.61 Å². The summed E-state index contributed by atoms with van der Waals surface area (Å²) in [6.07, 6.45) is 1.95. The Balaban J connectivity index is 1.86. The van der Waals surface area contributed by atoms with Crippen LogP contribution < -0.4 is 10.1 Å². The van der Waals surface area contributed by atoms with E-state index in [1.54, 1.807) is 7.11 Å². The molecule has 0 spiro atoms. The average molecular weight is 283 g/mol. The first-order chi connectivity index (χ1) is 9.28. The van der Waals surface area contributed by atoms with Gasteiger partial charge in [0.15, 0.2) is 0 Å². The molecule has 1 aliphatic rings. The van der Waals surface area contributed by atoms with Crippen LogP contribution in [0.25, 0.3) is 0 Å². The van der Waals surface area contributed by atoms with Crippen molar-refractivity contribution in [2.75, 3.05) is 37.1 Å². The van der Waals surface area contributed by atoms with Gasteiger partial charge in [-0.05, 0) is 25.0 Å². The number of hydrogen-bond donors (Lipinski definition) is 1.